The second kappa shape index (κ2) is 7.89. The van der Waals surface area contributed by atoms with E-state index in [1.807, 2.05) is 6.07 Å². The van der Waals surface area contributed by atoms with Crippen molar-refractivity contribution in [1.29, 1.82) is 5.26 Å². The van der Waals surface area contributed by atoms with Crippen molar-refractivity contribution < 1.29 is 18.4 Å². The summed E-state index contributed by atoms with van der Waals surface area (Å²) in [5.74, 6) is 0.488. The summed E-state index contributed by atoms with van der Waals surface area (Å²) in [7, 11) is 0. The molecule has 0 unspecified atom stereocenters. The SMILES string of the molecule is CC(=O)c1ccc(Cn2cc(NC(=O)c3ncoc3-c3cccc(C#N)c3)cn2)o1. The molecule has 0 spiro atoms. The molecule has 0 fully saturated rings. The van der Waals surface area contributed by atoms with Gasteiger partial charge in [-0.2, -0.15) is 10.4 Å². The average molecular weight is 401 g/mol. The Labute approximate surface area is 170 Å². The molecule has 1 N–H and O–H groups in total. The van der Waals surface area contributed by atoms with Gasteiger partial charge in [-0.1, -0.05) is 12.1 Å². The van der Waals surface area contributed by atoms with E-state index in [2.05, 4.69) is 15.4 Å². The third-order valence-electron chi connectivity index (χ3n) is 4.25. The number of benzene rings is 1. The van der Waals surface area contributed by atoms with Crippen LogP contribution in [0.5, 0.6) is 0 Å². The van der Waals surface area contributed by atoms with Crippen LogP contribution in [0.25, 0.3) is 11.3 Å². The van der Waals surface area contributed by atoms with Crippen LogP contribution in [0.3, 0.4) is 0 Å². The molecule has 0 radical (unpaired) electrons. The van der Waals surface area contributed by atoms with E-state index in [0.29, 0.717) is 29.1 Å². The Morgan fingerprint density at radius 2 is 2.13 bits per heavy atom. The molecular formula is C21H15N5O4. The zero-order valence-corrected chi connectivity index (χ0v) is 15.8. The van der Waals surface area contributed by atoms with Crippen LogP contribution in [0, 0.1) is 11.3 Å². The predicted octanol–water partition coefficient (Wildman–Crippen LogP) is 3.51. The molecule has 0 aliphatic rings. The molecule has 1 amide bonds. The van der Waals surface area contributed by atoms with Crippen molar-refractivity contribution in [2.24, 2.45) is 0 Å². The van der Waals surface area contributed by atoms with Crippen LogP contribution in [0.15, 0.2) is 64.0 Å². The van der Waals surface area contributed by atoms with Gasteiger partial charge in [0, 0.05) is 18.7 Å². The number of aromatic nitrogens is 3. The standard InChI is InChI=1S/C21H15N5O4/c1-13(27)18-6-5-17(30-18)11-26-10-16(9-24-26)25-21(28)19-20(29-12-23-19)15-4-2-3-14(7-15)8-22/h2-7,9-10,12H,11H2,1H3,(H,25,28). The predicted molar refractivity (Wildman–Crippen MR) is 105 cm³/mol. The van der Waals surface area contributed by atoms with Gasteiger partial charge in [0.2, 0.25) is 0 Å². The number of rotatable bonds is 6. The highest BCUT2D eigenvalue weighted by molar-refractivity contribution is 6.06. The van der Waals surface area contributed by atoms with Gasteiger partial charge in [-0.3, -0.25) is 14.3 Å². The monoisotopic (exact) mass is 401 g/mol. The molecule has 9 heteroatoms. The minimum atomic E-state index is -0.475. The fraction of sp³-hybridized carbons (Fsp3) is 0.0952. The van der Waals surface area contributed by atoms with Crippen molar-refractivity contribution in [3.8, 4) is 17.4 Å². The first kappa shape index (κ1) is 18.9. The number of carbonyl (C=O) groups excluding carboxylic acids is 2. The Kier molecular flexibility index (Phi) is 4.97. The van der Waals surface area contributed by atoms with Crippen molar-refractivity contribution >= 4 is 17.4 Å². The molecule has 0 saturated carbocycles. The summed E-state index contributed by atoms with van der Waals surface area (Å²) in [6.07, 6.45) is 4.29. The molecule has 0 aliphatic carbocycles. The first-order chi connectivity index (χ1) is 14.5. The van der Waals surface area contributed by atoms with Crippen LogP contribution in [-0.2, 0) is 6.54 Å². The largest absolute Gasteiger partial charge is 0.456 e. The highest BCUT2D eigenvalue weighted by Crippen LogP contribution is 2.24. The fourth-order valence-corrected chi connectivity index (χ4v) is 2.86. The number of carbonyl (C=O) groups is 2. The van der Waals surface area contributed by atoms with E-state index in [9.17, 15) is 9.59 Å². The topological polar surface area (TPSA) is 127 Å². The van der Waals surface area contributed by atoms with Gasteiger partial charge in [0.05, 0.1) is 30.1 Å². The summed E-state index contributed by atoms with van der Waals surface area (Å²) in [4.78, 5) is 28.0. The molecule has 30 heavy (non-hydrogen) atoms. The molecule has 0 atom stereocenters. The van der Waals surface area contributed by atoms with E-state index in [0.717, 1.165) is 0 Å². The number of anilines is 1. The summed E-state index contributed by atoms with van der Waals surface area (Å²) < 4.78 is 12.4. The van der Waals surface area contributed by atoms with E-state index >= 15 is 0 Å². The van der Waals surface area contributed by atoms with E-state index < -0.39 is 5.91 Å². The van der Waals surface area contributed by atoms with E-state index in [1.165, 1.54) is 19.5 Å². The Hall–Kier alpha value is -4.45. The van der Waals surface area contributed by atoms with Gasteiger partial charge in [-0.15, -0.1) is 0 Å². The normalized spacial score (nSPS) is 10.5. The number of oxazole rings is 1. The van der Waals surface area contributed by atoms with Crippen molar-refractivity contribution in [3.05, 3.63) is 78.0 Å². The number of nitrogens with one attached hydrogen (secondary N) is 1. The summed E-state index contributed by atoms with van der Waals surface area (Å²) in [6.45, 7) is 1.73. The lowest BCUT2D eigenvalue weighted by atomic mass is 10.1. The smallest absolute Gasteiger partial charge is 0.278 e. The van der Waals surface area contributed by atoms with Gasteiger partial charge < -0.3 is 14.2 Å². The first-order valence-corrected chi connectivity index (χ1v) is 8.91. The minimum Gasteiger partial charge on any atom is -0.456 e. The zero-order valence-electron chi connectivity index (χ0n) is 15.8. The van der Waals surface area contributed by atoms with Crippen LogP contribution < -0.4 is 5.32 Å². The molecule has 3 aromatic heterocycles. The summed E-state index contributed by atoms with van der Waals surface area (Å²) >= 11 is 0. The van der Waals surface area contributed by atoms with Gasteiger partial charge in [0.1, 0.15) is 5.76 Å². The van der Waals surface area contributed by atoms with Gasteiger partial charge in [0.15, 0.2) is 29.4 Å². The minimum absolute atomic E-state index is 0.0926. The Morgan fingerprint density at radius 3 is 2.90 bits per heavy atom. The molecule has 148 valence electrons. The maximum absolute atomic E-state index is 12.7. The Bertz CT molecular complexity index is 1270. The van der Waals surface area contributed by atoms with E-state index in [1.54, 1.807) is 47.3 Å². The average Bonchev–Trinajstić information content (AvgIpc) is 3.49. The Balaban J connectivity index is 1.48. The van der Waals surface area contributed by atoms with E-state index in [-0.39, 0.29) is 23.0 Å². The van der Waals surface area contributed by atoms with Gasteiger partial charge in [0.25, 0.3) is 5.91 Å². The maximum atomic E-state index is 12.7. The number of furan rings is 1. The number of Topliss-reactive ketones (excluding diaryl/α,β-unsaturated/α-hetero) is 1. The maximum Gasteiger partial charge on any atom is 0.278 e. The summed E-state index contributed by atoms with van der Waals surface area (Å²) in [5.41, 5.74) is 1.57. The van der Waals surface area contributed by atoms with Crippen molar-refractivity contribution in [1.82, 2.24) is 14.8 Å². The number of nitriles is 1. The zero-order chi connectivity index (χ0) is 21.1. The molecule has 1 aromatic carbocycles. The lowest BCUT2D eigenvalue weighted by Gasteiger charge is -2.03. The molecule has 0 bridgehead atoms. The van der Waals surface area contributed by atoms with Gasteiger partial charge in [-0.25, -0.2) is 4.98 Å². The number of nitrogens with zero attached hydrogens (tertiary/aromatic N) is 4. The molecule has 0 saturated heterocycles. The van der Waals surface area contributed by atoms with Crippen molar-refractivity contribution in [2.75, 3.05) is 5.32 Å². The van der Waals surface area contributed by atoms with Crippen molar-refractivity contribution in [3.63, 3.8) is 0 Å². The van der Waals surface area contributed by atoms with Crippen molar-refractivity contribution in [2.45, 2.75) is 13.5 Å². The first-order valence-electron chi connectivity index (χ1n) is 8.91. The highest BCUT2D eigenvalue weighted by Gasteiger charge is 2.19. The lowest BCUT2D eigenvalue weighted by Crippen LogP contribution is -2.13. The second-order valence-electron chi connectivity index (χ2n) is 6.43. The van der Waals surface area contributed by atoms with Crippen LogP contribution in [0.4, 0.5) is 5.69 Å². The van der Waals surface area contributed by atoms with Crippen LogP contribution in [-0.4, -0.2) is 26.5 Å². The number of amides is 1. The third-order valence-corrected chi connectivity index (χ3v) is 4.25. The molecule has 0 aliphatic heterocycles. The number of ketones is 1. The summed E-state index contributed by atoms with van der Waals surface area (Å²) in [6, 6.07) is 12.1. The summed E-state index contributed by atoms with van der Waals surface area (Å²) in [5, 5.41) is 16.0. The molecular weight excluding hydrogens is 386 g/mol. The van der Waals surface area contributed by atoms with E-state index in [4.69, 9.17) is 14.1 Å². The molecule has 4 aromatic rings. The third kappa shape index (κ3) is 3.88. The fourth-order valence-electron chi connectivity index (χ4n) is 2.86. The lowest BCUT2D eigenvalue weighted by molar-refractivity contribution is 0.0983. The Morgan fingerprint density at radius 1 is 1.27 bits per heavy atom. The number of hydrogen-bond donors (Lipinski definition) is 1. The van der Waals surface area contributed by atoms with Gasteiger partial charge in [-0.05, 0) is 24.3 Å². The van der Waals surface area contributed by atoms with Gasteiger partial charge >= 0.3 is 0 Å². The number of hydrogen-bond acceptors (Lipinski definition) is 7. The second-order valence-corrected chi connectivity index (χ2v) is 6.43. The highest BCUT2D eigenvalue weighted by atomic mass is 16.3. The van der Waals surface area contributed by atoms with Crippen LogP contribution in [0.1, 0.15) is 39.3 Å². The quantitative estimate of drug-likeness (QED) is 0.490. The van der Waals surface area contributed by atoms with Crippen LogP contribution >= 0.6 is 0 Å². The molecule has 4 rings (SSSR count). The molecule has 3 heterocycles. The molecule has 9 nitrogen and oxygen atoms in total. The van der Waals surface area contributed by atoms with Crippen LogP contribution in [0.2, 0.25) is 0 Å².